The van der Waals surface area contributed by atoms with Crippen molar-refractivity contribution in [3.05, 3.63) is 77.1 Å². The molecule has 0 spiro atoms. The van der Waals surface area contributed by atoms with Crippen molar-refractivity contribution in [1.82, 2.24) is 19.6 Å². The molecule has 0 bridgehead atoms. The Morgan fingerprint density at radius 2 is 1.45 bits per heavy atom. The zero-order chi connectivity index (χ0) is 22.0. The number of rotatable bonds is 4. The number of aromatic nitrogens is 2. The van der Waals surface area contributed by atoms with E-state index < -0.39 is 0 Å². The van der Waals surface area contributed by atoms with Gasteiger partial charge in [0.25, 0.3) is 11.8 Å². The summed E-state index contributed by atoms with van der Waals surface area (Å²) in [6.07, 6.45) is 0. The van der Waals surface area contributed by atoms with Crippen molar-refractivity contribution in [2.75, 3.05) is 33.3 Å². The maximum atomic E-state index is 12.9. The van der Waals surface area contributed by atoms with Crippen LogP contribution in [0.1, 0.15) is 32.1 Å². The van der Waals surface area contributed by atoms with E-state index in [1.807, 2.05) is 61.0 Å². The molecule has 0 atom stereocenters. The van der Waals surface area contributed by atoms with Gasteiger partial charge in [0.05, 0.1) is 18.5 Å². The zero-order valence-electron chi connectivity index (χ0n) is 18.0. The van der Waals surface area contributed by atoms with E-state index >= 15 is 0 Å². The number of aryl methyl sites for hydroxylation is 2. The lowest BCUT2D eigenvalue weighted by molar-refractivity contribution is 0.0535. The Hall–Kier alpha value is -3.61. The summed E-state index contributed by atoms with van der Waals surface area (Å²) in [7, 11) is 1.58. The lowest BCUT2D eigenvalue weighted by Gasteiger charge is -2.35. The van der Waals surface area contributed by atoms with Crippen LogP contribution in [0.2, 0.25) is 0 Å². The van der Waals surface area contributed by atoms with Crippen LogP contribution in [0.3, 0.4) is 0 Å². The molecule has 0 radical (unpaired) electrons. The van der Waals surface area contributed by atoms with Crippen LogP contribution >= 0.6 is 0 Å². The van der Waals surface area contributed by atoms with Crippen molar-refractivity contribution in [3.8, 4) is 11.4 Å². The molecule has 0 saturated carbocycles. The third kappa shape index (κ3) is 4.30. The van der Waals surface area contributed by atoms with Crippen molar-refractivity contribution in [3.63, 3.8) is 0 Å². The largest absolute Gasteiger partial charge is 0.497 e. The number of hydrogen-bond acceptors (Lipinski definition) is 4. The summed E-state index contributed by atoms with van der Waals surface area (Å²) in [6.45, 7) is 5.99. The van der Waals surface area contributed by atoms with Gasteiger partial charge in [-0.3, -0.25) is 9.59 Å². The molecule has 0 N–H and O–H groups in total. The minimum atomic E-state index is -0.0414. The molecule has 2 amide bonds. The van der Waals surface area contributed by atoms with Crippen LogP contribution in [0.15, 0.2) is 54.6 Å². The first-order valence-electron chi connectivity index (χ1n) is 10.3. The van der Waals surface area contributed by atoms with Gasteiger partial charge in [0.15, 0.2) is 0 Å². The second kappa shape index (κ2) is 8.63. The number of nitrogens with zero attached hydrogens (tertiary/aromatic N) is 4. The van der Waals surface area contributed by atoms with Crippen LogP contribution in [0, 0.1) is 13.8 Å². The van der Waals surface area contributed by atoms with Gasteiger partial charge in [-0.25, -0.2) is 4.68 Å². The minimum Gasteiger partial charge on any atom is -0.497 e. The Balaban J connectivity index is 1.39. The normalized spacial score (nSPS) is 13.9. The van der Waals surface area contributed by atoms with Crippen LogP contribution in [-0.2, 0) is 0 Å². The molecule has 2 aromatic carbocycles. The number of amides is 2. The van der Waals surface area contributed by atoms with E-state index in [2.05, 4.69) is 5.10 Å². The summed E-state index contributed by atoms with van der Waals surface area (Å²) >= 11 is 0. The topological polar surface area (TPSA) is 67.7 Å². The molecule has 7 heteroatoms. The Labute approximate surface area is 181 Å². The summed E-state index contributed by atoms with van der Waals surface area (Å²) in [4.78, 5) is 29.3. The number of hydrogen-bond donors (Lipinski definition) is 0. The molecule has 7 nitrogen and oxygen atoms in total. The molecule has 31 heavy (non-hydrogen) atoms. The van der Waals surface area contributed by atoms with Crippen molar-refractivity contribution in [1.29, 1.82) is 0 Å². The Morgan fingerprint density at radius 3 is 2.00 bits per heavy atom. The molecular weight excluding hydrogens is 392 g/mol. The van der Waals surface area contributed by atoms with Gasteiger partial charge in [-0.1, -0.05) is 6.07 Å². The molecule has 1 fully saturated rings. The molecule has 0 aliphatic carbocycles. The first-order chi connectivity index (χ1) is 15.0. The fourth-order valence-electron chi connectivity index (χ4n) is 3.87. The number of piperazine rings is 1. The van der Waals surface area contributed by atoms with E-state index in [0.717, 1.165) is 17.1 Å². The van der Waals surface area contributed by atoms with Gasteiger partial charge in [0.1, 0.15) is 5.75 Å². The minimum absolute atomic E-state index is 0.0200. The van der Waals surface area contributed by atoms with Crippen LogP contribution < -0.4 is 4.74 Å². The fraction of sp³-hybridized carbons (Fsp3) is 0.292. The predicted molar refractivity (Wildman–Crippen MR) is 118 cm³/mol. The van der Waals surface area contributed by atoms with E-state index in [-0.39, 0.29) is 11.8 Å². The monoisotopic (exact) mass is 418 g/mol. The second-order valence-corrected chi connectivity index (χ2v) is 7.70. The third-order valence-corrected chi connectivity index (χ3v) is 5.54. The van der Waals surface area contributed by atoms with E-state index in [1.165, 1.54) is 0 Å². The van der Waals surface area contributed by atoms with E-state index in [0.29, 0.717) is 43.1 Å². The molecule has 4 rings (SSSR count). The Kier molecular flexibility index (Phi) is 5.75. The summed E-state index contributed by atoms with van der Waals surface area (Å²) in [5, 5.41) is 4.48. The Morgan fingerprint density at radius 1 is 0.839 bits per heavy atom. The maximum absolute atomic E-state index is 12.9. The van der Waals surface area contributed by atoms with Crippen LogP contribution in [-0.4, -0.2) is 64.7 Å². The molecule has 1 aliphatic heterocycles. The van der Waals surface area contributed by atoms with Crippen molar-refractivity contribution in [2.24, 2.45) is 0 Å². The standard InChI is InChI=1S/C24H26N4O3/c1-17-15-18(2)28(25-17)21-9-7-19(8-10-21)23(29)26-11-13-27(14-12-26)24(30)20-5-4-6-22(16-20)31-3/h4-10,15-16H,11-14H2,1-3H3. The van der Waals surface area contributed by atoms with E-state index in [4.69, 9.17) is 4.74 Å². The summed E-state index contributed by atoms with van der Waals surface area (Å²) in [6, 6.07) is 16.7. The van der Waals surface area contributed by atoms with Gasteiger partial charge in [-0.2, -0.15) is 5.10 Å². The van der Waals surface area contributed by atoms with Gasteiger partial charge in [-0.15, -0.1) is 0 Å². The van der Waals surface area contributed by atoms with Crippen molar-refractivity contribution >= 4 is 11.8 Å². The van der Waals surface area contributed by atoms with E-state index in [9.17, 15) is 9.59 Å². The number of carbonyl (C=O) groups excluding carboxylic acids is 2. The molecule has 1 saturated heterocycles. The van der Waals surface area contributed by atoms with Crippen molar-refractivity contribution in [2.45, 2.75) is 13.8 Å². The van der Waals surface area contributed by atoms with E-state index in [1.54, 1.807) is 29.0 Å². The van der Waals surface area contributed by atoms with Gasteiger partial charge in [-0.05, 0) is 62.4 Å². The summed E-state index contributed by atoms with van der Waals surface area (Å²) in [5.41, 5.74) is 4.17. The average molecular weight is 418 g/mol. The number of benzene rings is 2. The first kappa shape index (κ1) is 20.7. The molecular formula is C24H26N4O3. The lowest BCUT2D eigenvalue weighted by atomic mass is 10.1. The smallest absolute Gasteiger partial charge is 0.254 e. The molecule has 160 valence electrons. The quantitative estimate of drug-likeness (QED) is 0.653. The molecule has 1 aromatic heterocycles. The Bertz CT molecular complexity index is 1100. The molecule has 1 aliphatic rings. The van der Waals surface area contributed by atoms with Crippen LogP contribution in [0.25, 0.3) is 5.69 Å². The SMILES string of the molecule is COc1cccc(C(=O)N2CCN(C(=O)c3ccc(-n4nc(C)cc4C)cc3)CC2)c1. The first-order valence-corrected chi connectivity index (χ1v) is 10.3. The third-order valence-electron chi connectivity index (χ3n) is 5.54. The highest BCUT2D eigenvalue weighted by Crippen LogP contribution is 2.18. The molecule has 0 unspecified atom stereocenters. The molecule has 3 aromatic rings. The van der Waals surface area contributed by atoms with Crippen LogP contribution in [0.5, 0.6) is 5.75 Å². The average Bonchev–Trinajstić information content (AvgIpc) is 3.16. The van der Waals surface area contributed by atoms with Gasteiger partial charge in [0, 0.05) is 43.0 Å². The predicted octanol–water partition coefficient (Wildman–Crippen LogP) is 3.10. The highest BCUT2D eigenvalue weighted by molar-refractivity contribution is 5.96. The maximum Gasteiger partial charge on any atom is 0.254 e. The van der Waals surface area contributed by atoms with Gasteiger partial charge in [0.2, 0.25) is 0 Å². The fourth-order valence-corrected chi connectivity index (χ4v) is 3.87. The lowest BCUT2D eigenvalue weighted by Crippen LogP contribution is -2.50. The number of carbonyl (C=O) groups is 2. The molecule has 2 heterocycles. The van der Waals surface area contributed by atoms with Gasteiger partial charge >= 0.3 is 0 Å². The summed E-state index contributed by atoms with van der Waals surface area (Å²) in [5.74, 6) is 0.595. The van der Waals surface area contributed by atoms with Gasteiger partial charge < -0.3 is 14.5 Å². The zero-order valence-corrected chi connectivity index (χ0v) is 18.0. The highest BCUT2D eigenvalue weighted by Gasteiger charge is 2.25. The van der Waals surface area contributed by atoms with Crippen LogP contribution in [0.4, 0.5) is 0 Å². The highest BCUT2D eigenvalue weighted by atomic mass is 16.5. The van der Waals surface area contributed by atoms with Crippen molar-refractivity contribution < 1.29 is 14.3 Å². The number of methoxy groups -OCH3 is 1. The number of ether oxygens (including phenoxy) is 1. The second-order valence-electron chi connectivity index (χ2n) is 7.70. The summed E-state index contributed by atoms with van der Waals surface area (Å²) < 4.78 is 7.07.